The lowest BCUT2D eigenvalue weighted by atomic mass is 10.0. The molecular formula is C12H15ClN2. The van der Waals surface area contributed by atoms with Crippen LogP contribution in [0.25, 0.3) is 0 Å². The molecule has 0 fully saturated rings. The standard InChI is InChI=1S/C12H14N2.ClH/c1-2-3-4-12(14)11-7-5-10(9-13)6-8-11;/h2,5-8,12H,1,3-4,14H2;1H/t12-;/m1./s1. The third-order valence-electron chi connectivity index (χ3n) is 2.15. The summed E-state index contributed by atoms with van der Waals surface area (Å²) in [7, 11) is 0. The van der Waals surface area contributed by atoms with Gasteiger partial charge in [-0.3, -0.25) is 0 Å². The summed E-state index contributed by atoms with van der Waals surface area (Å²) in [5, 5.41) is 8.61. The molecule has 0 amide bonds. The van der Waals surface area contributed by atoms with Crippen molar-refractivity contribution in [3.05, 3.63) is 48.0 Å². The lowest BCUT2D eigenvalue weighted by molar-refractivity contribution is 0.661. The predicted molar refractivity (Wildman–Crippen MR) is 64.8 cm³/mol. The molecule has 0 saturated carbocycles. The van der Waals surface area contributed by atoms with Gasteiger partial charge < -0.3 is 5.73 Å². The second-order valence-electron chi connectivity index (χ2n) is 3.21. The van der Waals surface area contributed by atoms with Gasteiger partial charge >= 0.3 is 0 Å². The first-order valence-electron chi connectivity index (χ1n) is 4.64. The molecule has 1 atom stereocenters. The summed E-state index contributed by atoms with van der Waals surface area (Å²) < 4.78 is 0. The van der Waals surface area contributed by atoms with E-state index in [1.165, 1.54) is 0 Å². The largest absolute Gasteiger partial charge is 0.324 e. The normalized spacial score (nSPS) is 10.9. The molecule has 0 spiro atoms. The summed E-state index contributed by atoms with van der Waals surface area (Å²) in [6, 6.07) is 9.53. The third kappa shape index (κ3) is 4.16. The Morgan fingerprint density at radius 2 is 2.00 bits per heavy atom. The Hall–Kier alpha value is -1.30. The minimum atomic E-state index is 0. The Morgan fingerprint density at radius 1 is 1.40 bits per heavy atom. The minimum Gasteiger partial charge on any atom is -0.324 e. The maximum absolute atomic E-state index is 8.61. The van der Waals surface area contributed by atoms with Gasteiger partial charge in [0.15, 0.2) is 0 Å². The molecule has 15 heavy (non-hydrogen) atoms. The molecule has 1 rings (SSSR count). The van der Waals surface area contributed by atoms with E-state index in [0.717, 1.165) is 18.4 Å². The van der Waals surface area contributed by atoms with E-state index in [-0.39, 0.29) is 18.4 Å². The summed E-state index contributed by atoms with van der Waals surface area (Å²) in [6.07, 6.45) is 3.68. The molecule has 3 heteroatoms. The van der Waals surface area contributed by atoms with Gasteiger partial charge in [0.1, 0.15) is 0 Å². The predicted octanol–water partition coefficient (Wildman–Crippen LogP) is 2.95. The van der Waals surface area contributed by atoms with E-state index in [2.05, 4.69) is 12.6 Å². The Kier molecular flexibility index (Phi) is 6.44. The second-order valence-corrected chi connectivity index (χ2v) is 3.21. The number of hydrogen-bond donors (Lipinski definition) is 1. The molecule has 0 heterocycles. The van der Waals surface area contributed by atoms with Crippen LogP contribution < -0.4 is 5.73 Å². The minimum absolute atomic E-state index is 0. The van der Waals surface area contributed by atoms with Gasteiger partial charge in [-0.05, 0) is 30.5 Å². The van der Waals surface area contributed by atoms with E-state index in [0.29, 0.717) is 5.56 Å². The van der Waals surface area contributed by atoms with Crippen LogP contribution in [0.1, 0.15) is 30.0 Å². The molecule has 0 radical (unpaired) electrons. The zero-order valence-electron chi connectivity index (χ0n) is 8.52. The fourth-order valence-corrected chi connectivity index (χ4v) is 1.27. The first kappa shape index (κ1) is 13.7. The summed E-state index contributed by atoms with van der Waals surface area (Å²) in [5.74, 6) is 0. The van der Waals surface area contributed by atoms with Crippen molar-refractivity contribution in [3.63, 3.8) is 0 Å². The van der Waals surface area contributed by atoms with Crippen LogP contribution in [0.5, 0.6) is 0 Å². The topological polar surface area (TPSA) is 49.8 Å². The molecular weight excluding hydrogens is 208 g/mol. The van der Waals surface area contributed by atoms with E-state index >= 15 is 0 Å². The first-order chi connectivity index (χ1) is 6.77. The highest BCUT2D eigenvalue weighted by Gasteiger charge is 2.03. The van der Waals surface area contributed by atoms with E-state index in [1.54, 1.807) is 12.1 Å². The molecule has 0 bridgehead atoms. The summed E-state index contributed by atoms with van der Waals surface area (Å²) in [5.41, 5.74) is 7.69. The average Bonchev–Trinajstić information content (AvgIpc) is 2.26. The lowest BCUT2D eigenvalue weighted by Gasteiger charge is -2.10. The van der Waals surface area contributed by atoms with Crippen molar-refractivity contribution in [1.29, 1.82) is 5.26 Å². The van der Waals surface area contributed by atoms with Crippen LogP contribution in [0.15, 0.2) is 36.9 Å². The highest BCUT2D eigenvalue weighted by Crippen LogP contribution is 2.16. The molecule has 2 N–H and O–H groups in total. The molecule has 0 aliphatic rings. The number of nitrogens with zero attached hydrogens (tertiary/aromatic N) is 1. The number of rotatable bonds is 4. The fraction of sp³-hybridized carbons (Fsp3) is 0.250. The van der Waals surface area contributed by atoms with Crippen LogP contribution in [-0.4, -0.2) is 0 Å². The van der Waals surface area contributed by atoms with Gasteiger partial charge in [-0.2, -0.15) is 5.26 Å². The number of nitriles is 1. The summed E-state index contributed by atoms with van der Waals surface area (Å²) >= 11 is 0. The van der Waals surface area contributed by atoms with Gasteiger partial charge in [0.25, 0.3) is 0 Å². The number of allylic oxidation sites excluding steroid dienone is 1. The maximum atomic E-state index is 8.61. The quantitative estimate of drug-likeness (QED) is 0.797. The third-order valence-corrected chi connectivity index (χ3v) is 2.15. The van der Waals surface area contributed by atoms with Gasteiger partial charge in [0, 0.05) is 6.04 Å². The van der Waals surface area contributed by atoms with Crippen LogP contribution in [0, 0.1) is 11.3 Å². The second kappa shape index (κ2) is 7.05. The zero-order chi connectivity index (χ0) is 10.4. The molecule has 80 valence electrons. The Bertz CT molecular complexity index is 338. The van der Waals surface area contributed by atoms with Crippen molar-refractivity contribution >= 4 is 12.4 Å². The van der Waals surface area contributed by atoms with Crippen molar-refractivity contribution in [2.24, 2.45) is 5.73 Å². The smallest absolute Gasteiger partial charge is 0.0991 e. The highest BCUT2D eigenvalue weighted by molar-refractivity contribution is 5.85. The molecule has 0 saturated heterocycles. The Balaban J connectivity index is 0.00000196. The Labute approximate surface area is 96.8 Å². The number of hydrogen-bond acceptors (Lipinski definition) is 2. The maximum Gasteiger partial charge on any atom is 0.0991 e. The highest BCUT2D eigenvalue weighted by atomic mass is 35.5. The molecule has 0 aromatic heterocycles. The van der Waals surface area contributed by atoms with Crippen molar-refractivity contribution in [2.75, 3.05) is 0 Å². The van der Waals surface area contributed by atoms with Crippen LogP contribution in [0.4, 0.5) is 0 Å². The number of nitrogens with two attached hydrogens (primary N) is 1. The van der Waals surface area contributed by atoms with Gasteiger partial charge in [-0.15, -0.1) is 19.0 Å². The zero-order valence-corrected chi connectivity index (χ0v) is 9.33. The lowest BCUT2D eigenvalue weighted by Crippen LogP contribution is -2.09. The van der Waals surface area contributed by atoms with Gasteiger partial charge in [-0.1, -0.05) is 18.2 Å². The summed E-state index contributed by atoms with van der Waals surface area (Å²) in [4.78, 5) is 0. The van der Waals surface area contributed by atoms with Gasteiger partial charge in [0.05, 0.1) is 11.6 Å². The van der Waals surface area contributed by atoms with Crippen molar-refractivity contribution in [1.82, 2.24) is 0 Å². The Morgan fingerprint density at radius 3 is 2.47 bits per heavy atom. The molecule has 2 nitrogen and oxygen atoms in total. The van der Waals surface area contributed by atoms with Crippen LogP contribution in [-0.2, 0) is 0 Å². The van der Waals surface area contributed by atoms with Gasteiger partial charge in [0.2, 0.25) is 0 Å². The van der Waals surface area contributed by atoms with Crippen molar-refractivity contribution in [2.45, 2.75) is 18.9 Å². The van der Waals surface area contributed by atoms with Gasteiger partial charge in [-0.25, -0.2) is 0 Å². The van der Waals surface area contributed by atoms with Crippen molar-refractivity contribution < 1.29 is 0 Å². The monoisotopic (exact) mass is 222 g/mol. The van der Waals surface area contributed by atoms with E-state index in [4.69, 9.17) is 11.0 Å². The van der Waals surface area contributed by atoms with E-state index in [9.17, 15) is 0 Å². The SMILES string of the molecule is C=CCC[C@@H](N)c1ccc(C#N)cc1.Cl. The van der Waals surface area contributed by atoms with E-state index in [1.807, 2.05) is 18.2 Å². The summed E-state index contributed by atoms with van der Waals surface area (Å²) in [6.45, 7) is 3.66. The number of halogens is 1. The fourth-order valence-electron chi connectivity index (χ4n) is 1.27. The van der Waals surface area contributed by atoms with Crippen LogP contribution in [0.3, 0.4) is 0 Å². The molecule has 0 aliphatic carbocycles. The molecule has 1 aromatic carbocycles. The van der Waals surface area contributed by atoms with E-state index < -0.39 is 0 Å². The molecule has 1 aromatic rings. The molecule has 0 unspecified atom stereocenters. The van der Waals surface area contributed by atoms with Crippen LogP contribution in [0.2, 0.25) is 0 Å². The van der Waals surface area contributed by atoms with Crippen LogP contribution >= 0.6 is 12.4 Å². The molecule has 0 aliphatic heterocycles. The average molecular weight is 223 g/mol. The number of benzene rings is 1. The van der Waals surface area contributed by atoms with Crippen molar-refractivity contribution in [3.8, 4) is 6.07 Å². The first-order valence-corrected chi connectivity index (χ1v) is 4.64.